The SMILES string of the molecule is CCNC(=NCCNc1ncnc2c1cnn2C)N1CCC(COCc2ccccc2)C1. The Labute approximate surface area is 188 Å². The fraction of sp³-hybridized carbons (Fsp3) is 0.478. The van der Waals surface area contributed by atoms with Crippen LogP contribution in [0.3, 0.4) is 0 Å². The van der Waals surface area contributed by atoms with Gasteiger partial charge in [0.25, 0.3) is 0 Å². The zero-order valence-electron chi connectivity index (χ0n) is 18.9. The van der Waals surface area contributed by atoms with Gasteiger partial charge in [0.2, 0.25) is 0 Å². The molecule has 1 aliphatic rings. The number of guanidine groups is 1. The smallest absolute Gasteiger partial charge is 0.193 e. The molecular formula is C23H32N8O. The van der Waals surface area contributed by atoms with Crippen molar-refractivity contribution < 1.29 is 4.74 Å². The van der Waals surface area contributed by atoms with Crippen molar-refractivity contribution in [3.05, 3.63) is 48.4 Å². The summed E-state index contributed by atoms with van der Waals surface area (Å²) in [6.07, 6.45) is 4.47. The van der Waals surface area contributed by atoms with Crippen molar-refractivity contribution in [3.63, 3.8) is 0 Å². The van der Waals surface area contributed by atoms with Gasteiger partial charge in [-0.25, -0.2) is 9.97 Å². The van der Waals surface area contributed by atoms with Crippen LogP contribution in [0.1, 0.15) is 18.9 Å². The first kappa shape index (κ1) is 22.0. The minimum absolute atomic E-state index is 0.528. The Hall–Kier alpha value is -3.20. The molecule has 4 rings (SSSR count). The average Bonchev–Trinajstić information content (AvgIpc) is 3.44. The van der Waals surface area contributed by atoms with Gasteiger partial charge in [-0.05, 0) is 18.9 Å². The van der Waals surface area contributed by atoms with Crippen molar-refractivity contribution in [1.29, 1.82) is 0 Å². The summed E-state index contributed by atoms with van der Waals surface area (Å²) in [6.45, 7) is 7.71. The molecule has 170 valence electrons. The maximum Gasteiger partial charge on any atom is 0.193 e. The maximum absolute atomic E-state index is 5.96. The van der Waals surface area contributed by atoms with Crippen molar-refractivity contribution in [2.45, 2.75) is 20.0 Å². The topological polar surface area (TPSA) is 92.5 Å². The van der Waals surface area contributed by atoms with Gasteiger partial charge in [-0.2, -0.15) is 5.10 Å². The minimum Gasteiger partial charge on any atom is -0.376 e. The van der Waals surface area contributed by atoms with E-state index in [0.29, 0.717) is 25.6 Å². The number of benzene rings is 1. The summed E-state index contributed by atoms with van der Waals surface area (Å²) < 4.78 is 7.71. The van der Waals surface area contributed by atoms with E-state index >= 15 is 0 Å². The van der Waals surface area contributed by atoms with Crippen molar-refractivity contribution in [2.75, 3.05) is 44.6 Å². The maximum atomic E-state index is 5.96. The quantitative estimate of drug-likeness (QED) is 0.302. The van der Waals surface area contributed by atoms with Crippen molar-refractivity contribution >= 4 is 22.8 Å². The number of likely N-dealkylation sites (tertiary alicyclic amines) is 1. The zero-order valence-corrected chi connectivity index (χ0v) is 18.9. The molecule has 9 nitrogen and oxygen atoms in total. The predicted molar refractivity (Wildman–Crippen MR) is 127 cm³/mol. The van der Waals surface area contributed by atoms with Crippen molar-refractivity contribution in [3.8, 4) is 0 Å². The second-order valence-electron chi connectivity index (χ2n) is 7.99. The molecule has 0 aliphatic carbocycles. The number of aromatic nitrogens is 4. The third kappa shape index (κ3) is 5.53. The summed E-state index contributed by atoms with van der Waals surface area (Å²) >= 11 is 0. The number of ether oxygens (including phenoxy) is 1. The molecule has 0 radical (unpaired) electrons. The van der Waals surface area contributed by atoms with Gasteiger partial charge in [0.05, 0.1) is 31.3 Å². The van der Waals surface area contributed by atoms with Crippen LogP contribution in [0.25, 0.3) is 11.0 Å². The second kappa shape index (κ2) is 10.9. The van der Waals surface area contributed by atoms with Crippen molar-refractivity contribution in [2.24, 2.45) is 18.0 Å². The third-order valence-electron chi connectivity index (χ3n) is 5.58. The molecule has 1 aliphatic heterocycles. The van der Waals surface area contributed by atoms with Crippen molar-refractivity contribution in [1.82, 2.24) is 30.0 Å². The van der Waals surface area contributed by atoms with Crippen LogP contribution in [-0.4, -0.2) is 69.9 Å². The molecule has 0 spiro atoms. The van der Waals surface area contributed by atoms with E-state index in [1.807, 2.05) is 25.2 Å². The molecule has 1 atom stereocenters. The lowest BCUT2D eigenvalue weighted by Gasteiger charge is -2.21. The molecule has 1 saturated heterocycles. The Morgan fingerprint density at radius 2 is 2.12 bits per heavy atom. The van der Waals surface area contributed by atoms with Crippen LogP contribution in [0, 0.1) is 5.92 Å². The number of anilines is 1. The number of aliphatic imine (C=N–C) groups is 1. The Morgan fingerprint density at radius 3 is 2.97 bits per heavy atom. The summed E-state index contributed by atoms with van der Waals surface area (Å²) in [5.74, 6) is 2.29. The van der Waals surface area contributed by atoms with Crippen LogP contribution < -0.4 is 10.6 Å². The molecule has 2 aromatic heterocycles. The first-order chi connectivity index (χ1) is 15.7. The zero-order chi connectivity index (χ0) is 22.2. The van der Waals surface area contributed by atoms with Gasteiger partial charge < -0.3 is 20.3 Å². The fourth-order valence-electron chi connectivity index (χ4n) is 3.94. The normalized spacial score (nSPS) is 16.6. The fourth-order valence-corrected chi connectivity index (χ4v) is 3.94. The van der Waals surface area contributed by atoms with E-state index < -0.39 is 0 Å². The summed E-state index contributed by atoms with van der Waals surface area (Å²) in [6, 6.07) is 10.3. The second-order valence-corrected chi connectivity index (χ2v) is 7.99. The van der Waals surface area contributed by atoms with Crippen LogP contribution in [0.4, 0.5) is 5.82 Å². The Kier molecular flexibility index (Phi) is 7.50. The number of hydrogen-bond donors (Lipinski definition) is 2. The summed E-state index contributed by atoms with van der Waals surface area (Å²) in [7, 11) is 1.88. The minimum atomic E-state index is 0.528. The van der Waals surface area contributed by atoms with Crippen LogP contribution in [-0.2, 0) is 18.4 Å². The van der Waals surface area contributed by atoms with Gasteiger partial charge in [-0.3, -0.25) is 9.67 Å². The summed E-state index contributed by atoms with van der Waals surface area (Å²) in [4.78, 5) is 15.8. The lowest BCUT2D eigenvalue weighted by Crippen LogP contribution is -2.40. The average molecular weight is 437 g/mol. The first-order valence-electron chi connectivity index (χ1n) is 11.3. The van der Waals surface area contributed by atoms with E-state index in [9.17, 15) is 0 Å². The van der Waals surface area contributed by atoms with Crippen LogP contribution in [0.5, 0.6) is 0 Å². The van der Waals surface area contributed by atoms with Gasteiger partial charge in [-0.1, -0.05) is 30.3 Å². The van der Waals surface area contributed by atoms with Crippen LogP contribution in [0.2, 0.25) is 0 Å². The molecule has 3 heterocycles. The van der Waals surface area contributed by atoms with E-state index in [4.69, 9.17) is 9.73 Å². The molecule has 3 aromatic rings. The summed E-state index contributed by atoms with van der Waals surface area (Å²) in [5, 5.41) is 12.0. The molecule has 0 saturated carbocycles. The standard InChI is InChI=1S/C23H32N8O/c1-3-24-23(26-11-10-25-21-20-13-29-30(2)22(20)28-17-27-21)31-12-9-19(14-31)16-32-15-18-7-5-4-6-8-18/h4-8,13,17,19H,3,9-12,14-16H2,1-2H3,(H,24,26)(H,25,27,28). The number of hydrogen-bond acceptors (Lipinski definition) is 6. The highest BCUT2D eigenvalue weighted by molar-refractivity contribution is 5.86. The van der Waals surface area contributed by atoms with E-state index in [1.54, 1.807) is 17.2 Å². The molecule has 2 N–H and O–H groups in total. The van der Waals surface area contributed by atoms with Gasteiger partial charge >= 0.3 is 0 Å². The van der Waals surface area contributed by atoms with Gasteiger partial charge in [-0.15, -0.1) is 0 Å². The molecule has 1 aromatic carbocycles. The molecule has 0 amide bonds. The number of aryl methyl sites for hydroxylation is 1. The van der Waals surface area contributed by atoms with E-state index in [1.165, 1.54) is 5.56 Å². The highest BCUT2D eigenvalue weighted by atomic mass is 16.5. The molecule has 9 heteroatoms. The molecule has 1 unspecified atom stereocenters. The number of nitrogens with zero attached hydrogens (tertiary/aromatic N) is 6. The van der Waals surface area contributed by atoms with Crippen LogP contribution in [0.15, 0.2) is 47.8 Å². The number of nitrogens with one attached hydrogen (secondary N) is 2. The first-order valence-corrected chi connectivity index (χ1v) is 11.3. The van der Waals surface area contributed by atoms with Gasteiger partial charge in [0.1, 0.15) is 12.1 Å². The Morgan fingerprint density at radius 1 is 1.25 bits per heavy atom. The van der Waals surface area contributed by atoms with Gasteiger partial charge in [0.15, 0.2) is 11.6 Å². The Balaban J connectivity index is 1.25. The lowest BCUT2D eigenvalue weighted by atomic mass is 10.1. The van der Waals surface area contributed by atoms with E-state index in [2.05, 4.69) is 49.7 Å². The molecule has 0 bridgehead atoms. The third-order valence-corrected chi connectivity index (χ3v) is 5.58. The Bertz CT molecular complexity index is 1020. The van der Waals surface area contributed by atoms with E-state index in [-0.39, 0.29) is 0 Å². The predicted octanol–water partition coefficient (Wildman–Crippen LogP) is 2.28. The summed E-state index contributed by atoms with van der Waals surface area (Å²) in [5.41, 5.74) is 2.04. The largest absolute Gasteiger partial charge is 0.376 e. The molecule has 1 fully saturated rings. The lowest BCUT2D eigenvalue weighted by molar-refractivity contribution is 0.0907. The van der Waals surface area contributed by atoms with E-state index in [0.717, 1.165) is 55.5 Å². The molecule has 32 heavy (non-hydrogen) atoms. The number of rotatable bonds is 9. The molecular weight excluding hydrogens is 404 g/mol. The monoisotopic (exact) mass is 436 g/mol. The number of fused-ring (bicyclic) bond motifs is 1. The van der Waals surface area contributed by atoms with Gasteiger partial charge in [0, 0.05) is 39.1 Å². The highest BCUT2D eigenvalue weighted by Gasteiger charge is 2.25. The highest BCUT2D eigenvalue weighted by Crippen LogP contribution is 2.18. The van der Waals surface area contributed by atoms with Crippen LogP contribution >= 0.6 is 0 Å².